The Hall–Kier alpha value is -2.54. The van der Waals surface area contributed by atoms with Crippen LogP contribution in [0.1, 0.15) is 23.1 Å². The maximum absolute atomic E-state index is 12.0. The maximum atomic E-state index is 12.0. The number of nitrogens with one attached hydrogen (secondary N) is 2. The molecular weight excluding hydrogens is 308 g/mol. The molecule has 0 aliphatic heterocycles. The van der Waals surface area contributed by atoms with Crippen molar-refractivity contribution in [3.05, 3.63) is 47.3 Å². The summed E-state index contributed by atoms with van der Waals surface area (Å²) >= 11 is 0. The van der Waals surface area contributed by atoms with Crippen LogP contribution < -0.4 is 15.4 Å². The van der Waals surface area contributed by atoms with Crippen molar-refractivity contribution in [3.8, 4) is 5.75 Å². The summed E-state index contributed by atoms with van der Waals surface area (Å²) in [6.07, 6.45) is 0. The van der Waals surface area contributed by atoms with Gasteiger partial charge in [-0.25, -0.2) is 4.79 Å². The quantitative estimate of drug-likeness (QED) is 0.812. The van der Waals surface area contributed by atoms with Crippen LogP contribution in [0.4, 0.5) is 4.79 Å². The molecule has 24 heavy (non-hydrogen) atoms. The fourth-order valence-corrected chi connectivity index (χ4v) is 2.44. The van der Waals surface area contributed by atoms with Gasteiger partial charge >= 0.3 is 6.03 Å². The highest BCUT2D eigenvalue weighted by molar-refractivity contribution is 5.73. The maximum Gasteiger partial charge on any atom is 0.315 e. The standard InChI is InChI=1S/C17H24N4O3/c1-12-9-13(20-24-12)10-18-17(22)19-11-15(21(2)3)14-7-5-6-8-16(14)23-4/h5-9,15H,10-11H2,1-4H3,(H2,18,19,22)/t15-/m0/s1. The minimum atomic E-state index is -0.252. The molecule has 1 heterocycles. The molecule has 0 fully saturated rings. The predicted octanol–water partition coefficient (Wildman–Crippen LogP) is 2.09. The minimum absolute atomic E-state index is 0.00111. The largest absolute Gasteiger partial charge is 0.496 e. The van der Waals surface area contributed by atoms with Gasteiger partial charge in [0.05, 0.1) is 19.7 Å². The molecule has 7 heteroatoms. The van der Waals surface area contributed by atoms with Gasteiger partial charge in [-0.1, -0.05) is 23.4 Å². The van der Waals surface area contributed by atoms with E-state index in [1.54, 1.807) is 13.2 Å². The lowest BCUT2D eigenvalue weighted by Gasteiger charge is -2.26. The van der Waals surface area contributed by atoms with Gasteiger partial charge in [0.25, 0.3) is 0 Å². The van der Waals surface area contributed by atoms with E-state index in [-0.39, 0.29) is 12.1 Å². The summed E-state index contributed by atoms with van der Waals surface area (Å²) in [6.45, 7) is 2.59. The molecule has 2 aromatic rings. The number of rotatable bonds is 7. The number of likely N-dealkylation sites (N-methyl/N-ethyl adjacent to an activating group) is 1. The van der Waals surface area contributed by atoms with Crippen molar-refractivity contribution in [1.82, 2.24) is 20.7 Å². The monoisotopic (exact) mass is 332 g/mol. The number of carbonyl (C=O) groups is 1. The van der Waals surface area contributed by atoms with E-state index in [0.29, 0.717) is 18.8 Å². The molecule has 1 atom stereocenters. The highest BCUT2D eigenvalue weighted by atomic mass is 16.5. The molecule has 7 nitrogen and oxygen atoms in total. The first kappa shape index (κ1) is 17.8. The van der Waals surface area contributed by atoms with Gasteiger partial charge in [-0.2, -0.15) is 0 Å². The summed E-state index contributed by atoms with van der Waals surface area (Å²) in [6, 6.07) is 9.34. The Morgan fingerprint density at radius 2 is 2.08 bits per heavy atom. The second-order valence-electron chi connectivity index (χ2n) is 5.71. The Kier molecular flexibility index (Phi) is 6.20. The third-order valence-corrected chi connectivity index (χ3v) is 3.68. The number of para-hydroxylation sites is 1. The summed E-state index contributed by atoms with van der Waals surface area (Å²) in [4.78, 5) is 14.0. The lowest BCUT2D eigenvalue weighted by molar-refractivity contribution is 0.231. The minimum Gasteiger partial charge on any atom is -0.496 e. The fraction of sp³-hybridized carbons (Fsp3) is 0.412. The van der Waals surface area contributed by atoms with E-state index in [0.717, 1.165) is 17.1 Å². The van der Waals surface area contributed by atoms with Crippen molar-refractivity contribution in [2.24, 2.45) is 0 Å². The summed E-state index contributed by atoms with van der Waals surface area (Å²) in [5.41, 5.74) is 1.72. The second-order valence-corrected chi connectivity index (χ2v) is 5.71. The van der Waals surface area contributed by atoms with E-state index >= 15 is 0 Å². The number of ether oxygens (including phenoxy) is 1. The van der Waals surface area contributed by atoms with E-state index in [1.807, 2.05) is 50.2 Å². The first-order valence-corrected chi connectivity index (χ1v) is 7.74. The molecule has 0 saturated heterocycles. The molecule has 0 bridgehead atoms. The number of benzene rings is 1. The van der Waals surface area contributed by atoms with Crippen LogP contribution in [0.15, 0.2) is 34.9 Å². The molecular formula is C17H24N4O3. The van der Waals surface area contributed by atoms with Gasteiger partial charge in [-0.15, -0.1) is 0 Å². The van der Waals surface area contributed by atoms with Crippen LogP contribution >= 0.6 is 0 Å². The van der Waals surface area contributed by atoms with E-state index in [4.69, 9.17) is 9.26 Å². The smallest absolute Gasteiger partial charge is 0.315 e. The van der Waals surface area contributed by atoms with Crippen molar-refractivity contribution >= 4 is 6.03 Å². The number of hydrogen-bond acceptors (Lipinski definition) is 5. The summed E-state index contributed by atoms with van der Waals surface area (Å²) in [5, 5.41) is 9.49. The van der Waals surface area contributed by atoms with Gasteiger partial charge in [-0.05, 0) is 27.1 Å². The Morgan fingerprint density at radius 1 is 1.33 bits per heavy atom. The summed E-state index contributed by atoms with van der Waals surface area (Å²) < 4.78 is 10.4. The van der Waals surface area contributed by atoms with Crippen LogP contribution in [0.25, 0.3) is 0 Å². The summed E-state index contributed by atoms with van der Waals surface area (Å²) in [5.74, 6) is 1.52. The Morgan fingerprint density at radius 3 is 2.71 bits per heavy atom. The van der Waals surface area contributed by atoms with Gasteiger partial charge in [0, 0.05) is 18.2 Å². The zero-order valence-corrected chi connectivity index (χ0v) is 14.5. The van der Waals surface area contributed by atoms with Crippen molar-refractivity contribution in [3.63, 3.8) is 0 Å². The van der Waals surface area contributed by atoms with Crippen LogP contribution in [0.2, 0.25) is 0 Å². The van der Waals surface area contributed by atoms with Gasteiger partial charge < -0.3 is 24.8 Å². The average Bonchev–Trinajstić information content (AvgIpc) is 2.98. The van der Waals surface area contributed by atoms with Crippen LogP contribution in [0.5, 0.6) is 5.75 Å². The molecule has 0 spiro atoms. The first-order chi connectivity index (χ1) is 11.5. The van der Waals surface area contributed by atoms with Gasteiger partial charge in [0.15, 0.2) is 0 Å². The predicted molar refractivity (Wildman–Crippen MR) is 90.9 cm³/mol. The van der Waals surface area contributed by atoms with Crippen LogP contribution in [-0.4, -0.2) is 43.8 Å². The number of amides is 2. The molecule has 0 saturated carbocycles. The van der Waals surface area contributed by atoms with Crippen molar-refractivity contribution in [1.29, 1.82) is 0 Å². The van der Waals surface area contributed by atoms with Gasteiger partial charge in [0.1, 0.15) is 17.2 Å². The first-order valence-electron chi connectivity index (χ1n) is 7.74. The number of methoxy groups -OCH3 is 1. The fourth-order valence-electron chi connectivity index (χ4n) is 2.44. The third-order valence-electron chi connectivity index (χ3n) is 3.68. The number of aromatic nitrogens is 1. The van der Waals surface area contributed by atoms with Crippen LogP contribution in [-0.2, 0) is 6.54 Å². The highest BCUT2D eigenvalue weighted by Gasteiger charge is 2.19. The van der Waals surface area contributed by atoms with Crippen molar-refractivity contribution in [2.45, 2.75) is 19.5 Å². The van der Waals surface area contributed by atoms with Gasteiger partial charge in [-0.3, -0.25) is 0 Å². The summed E-state index contributed by atoms with van der Waals surface area (Å²) in [7, 11) is 5.58. The van der Waals surface area contributed by atoms with E-state index < -0.39 is 0 Å². The molecule has 2 amide bonds. The molecule has 0 aliphatic carbocycles. The molecule has 2 N–H and O–H groups in total. The molecule has 0 unspecified atom stereocenters. The zero-order chi connectivity index (χ0) is 17.5. The number of aryl methyl sites for hydroxylation is 1. The van der Waals surface area contributed by atoms with E-state index in [1.165, 1.54) is 0 Å². The number of carbonyl (C=O) groups excluding carboxylic acids is 1. The van der Waals surface area contributed by atoms with E-state index in [9.17, 15) is 4.79 Å². The normalized spacial score (nSPS) is 12.0. The lowest BCUT2D eigenvalue weighted by atomic mass is 10.0. The Balaban J connectivity index is 1.92. The third kappa shape index (κ3) is 4.73. The van der Waals surface area contributed by atoms with Crippen LogP contribution in [0.3, 0.4) is 0 Å². The Bertz CT molecular complexity index is 669. The van der Waals surface area contributed by atoms with Crippen molar-refractivity contribution < 1.29 is 14.1 Å². The Labute approximate surface area is 142 Å². The van der Waals surface area contributed by atoms with Gasteiger partial charge in [0.2, 0.25) is 0 Å². The SMILES string of the molecule is COc1ccccc1[C@H](CNC(=O)NCc1cc(C)on1)N(C)C. The molecule has 0 aliphatic rings. The lowest BCUT2D eigenvalue weighted by Crippen LogP contribution is -2.40. The zero-order valence-electron chi connectivity index (χ0n) is 14.5. The molecule has 0 radical (unpaired) electrons. The molecule has 1 aromatic heterocycles. The van der Waals surface area contributed by atoms with Crippen molar-refractivity contribution in [2.75, 3.05) is 27.7 Å². The second kappa shape index (κ2) is 8.35. The topological polar surface area (TPSA) is 79.6 Å². The average molecular weight is 332 g/mol. The number of nitrogens with zero attached hydrogens (tertiary/aromatic N) is 2. The van der Waals surface area contributed by atoms with Crippen LogP contribution in [0, 0.1) is 6.92 Å². The molecule has 1 aromatic carbocycles. The molecule has 130 valence electrons. The number of urea groups is 1. The van der Waals surface area contributed by atoms with E-state index in [2.05, 4.69) is 15.8 Å². The number of hydrogen-bond donors (Lipinski definition) is 2. The molecule has 2 rings (SSSR count). The highest BCUT2D eigenvalue weighted by Crippen LogP contribution is 2.27.